The molecule has 2 amide bonds. The molecule has 4 rings (SSSR count). The van der Waals surface area contributed by atoms with Crippen LogP contribution in [0.5, 0.6) is 0 Å². The number of carbonyl (C=O) groups is 3. The number of nitrogens with one attached hydrogen (secondary N) is 1. The molecule has 0 radical (unpaired) electrons. The first kappa shape index (κ1) is 24.1. The molecule has 1 saturated carbocycles. The van der Waals surface area contributed by atoms with Gasteiger partial charge in [-0.1, -0.05) is 32.1 Å². The first-order valence-electron chi connectivity index (χ1n) is 11.8. The lowest BCUT2D eigenvalue weighted by Gasteiger charge is -2.32. The molecule has 2 aromatic rings. The van der Waals surface area contributed by atoms with Crippen molar-refractivity contribution >= 4 is 28.9 Å². The summed E-state index contributed by atoms with van der Waals surface area (Å²) in [5, 5.41) is 2.68. The van der Waals surface area contributed by atoms with Gasteiger partial charge in [-0.15, -0.1) is 0 Å². The van der Waals surface area contributed by atoms with Crippen molar-refractivity contribution < 1.29 is 32.7 Å². The highest BCUT2D eigenvalue weighted by molar-refractivity contribution is 5.87. The van der Waals surface area contributed by atoms with E-state index in [0.717, 1.165) is 25.7 Å². The molecule has 1 aliphatic heterocycles. The van der Waals surface area contributed by atoms with Gasteiger partial charge < -0.3 is 24.1 Å². The van der Waals surface area contributed by atoms with Crippen molar-refractivity contribution in [3.05, 3.63) is 29.9 Å². The summed E-state index contributed by atoms with van der Waals surface area (Å²) in [4.78, 5) is 43.6. The van der Waals surface area contributed by atoms with Gasteiger partial charge in [-0.3, -0.25) is 9.59 Å². The zero-order valence-electron chi connectivity index (χ0n) is 19.1. The first-order valence-corrected chi connectivity index (χ1v) is 11.8. The van der Waals surface area contributed by atoms with Crippen LogP contribution in [0.4, 0.5) is 9.18 Å². The Morgan fingerprint density at radius 1 is 1.18 bits per heavy atom. The molecular weight excluding hydrogens is 445 g/mol. The fourth-order valence-corrected chi connectivity index (χ4v) is 4.56. The summed E-state index contributed by atoms with van der Waals surface area (Å²) < 4.78 is 29.2. The van der Waals surface area contributed by atoms with E-state index in [0.29, 0.717) is 49.7 Å². The van der Waals surface area contributed by atoms with Crippen molar-refractivity contribution in [2.75, 3.05) is 32.9 Å². The second kappa shape index (κ2) is 11.4. The minimum absolute atomic E-state index is 0.118. The molecule has 2 fully saturated rings. The van der Waals surface area contributed by atoms with Crippen LogP contribution in [0, 0.1) is 11.7 Å². The van der Waals surface area contributed by atoms with Crippen LogP contribution in [-0.4, -0.2) is 66.6 Å². The van der Waals surface area contributed by atoms with Gasteiger partial charge in [0.1, 0.15) is 17.4 Å². The Kier molecular flexibility index (Phi) is 8.10. The lowest BCUT2D eigenvalue weighted by atomic mass is 9.84. The van der Waals surface area contributed by atoms with Crippen LogP contribution in [-0.2, 0) is 25.5 Å². The summed E-state index contributed by atoms with van der Waals surface area (Å²) >= 11 is 0. The number of rotatable bonds is 8. The van der Waals surface area contributed by atoms with Crippen molar-refractivity contribution in [2.45, 2.75) is 51.0 Å². The third-order valence-corrected chi connectivity index (χ3v) is 6.31. The number of aromatic nitrogens is 1. The van der Waals surface area contributed by atoms with Crippen LogP contribution >= 0.6 is 0 Å². The first-order chi connectivity index (χ1) is 16.5. The van der Waals surface area contributed by atoms with E-state index in [-0.39, 0.29) is 18.2 Å². The molecule has 184 valence electrons. The van der Waals surface area contributed by atoms with Crippen LogP contribution in [0.1, 0.15) is 44.4 Å². The number of carbonyl (C=O) groups excluding carboxylic acids is 3. The average molecular weight is 476 g/mol. The Balaban J connectivity index is 1.30. The predicted molar refractivity (Wildman–Crippen MR) is 120 cm³/mol. The fourth-order valence-electron chi connectivity index (χ4n) is 4.56. The molecule has 1 N–H and O–H groups in total. The summed E-state index contributed by atoms with van der Waals surface area (Å²) in [6, 6.07) is 3.20. The van der Waals surface area contributed by atoms with Crippen molar-refractivity contribution in [2.24, 2.45) is 5.92 Å². The molecule has 1 atom stereocenters. The highest BCUT2D eigenvalue weighted by Crippen LogP contribution is 2.28. The van der Waals surface area contributed by atoms with Crippen LogP contribution in [0.25, 0.3) is 11.1 Å². The predicted octanol–water partition coefficient (Wildman–Crippen LogP) is 3.00. The number of benzene rings is 1. The Labute approximate surface area is 197 Å². The molecule has 9 nitrogen and oxygen atoms in total. The number of nitrogens with zero attached hydrogens (tertiary/aromatic N) is 2. The fraction of sp³-hybridized carbons (Fsp3) is 0.583. The maximum atomic E-state index is 13.3. The number of hydrogen-bond acceptors (Lipinski definition) is 7. The number of Topliss-reactive ketones (excluding diaryl/α,β-unsaturated/α-hetero) is 1. The molecular formula is C24H30FN3O6. The molecule has 2 heterocycles. The van der Waals surface area contributed by atoms with Crippen LogP contribution in [0.15, 0.2) is 22.6 Å². The van der Waals surface area contributed by atoms with Gasteiger partial charge in [0, 0.05) is 19.2 Å². The number of halogens is 1. The number of fused-ring (bicyclic) bond motifs is 1. The molecule has 1 aromatic carbocycles. The summed E-state index contributed by atoms with van der Waals surface area (Å²) in [7, 11) is 0. The number of alkyl carbamates (subject to hydrolysis) is 1. The lowest BCUT2D eigenvalue weighted by Crippen LogP contribution is -2.52. The van der Waals surface area contributed by atoms with Gasteiger partial charge in [-0.05, 0) is 24.5 Å². The molecule has 0 spiro atoms. The second-order valence-electron chi connectivity index (χ2n) is 8.89. The summed E-state index contributed by atoms with van der Waals surface area (Å²) in [6.45, 7) is 1.45. The molecule has 34 heavy (non-hydrogen) atoms. The average Bonchev–Trinajstić information content (AvgIpc) is 3.24. The third kappa shape index (κ3) is 6.53. The van der Waals surface area contributed by atoms with Crippen molar-refractivity contribution in [1.29, 1.82) is 0 Å². The minimum atomic E-state index is -0.810. The lowest BCUT2D eigenvalue weighted by molar-refractivity contribution is -0.138. The van der Waals surface area contributed by atoms with Crippen molar-refractivity contribution in [1.82, 2.24) is 15.2 Å². The van der Waals surface area contributed by atoms with E-state index >= 15 is 0 Å². The number of ether oxygens (including phenoxy) is 2. The minimum Gasteiger partial charge on any atom is -0.442 e. The Hall–Kier alpha value is -3.01. The maximum Gasteiger partial charge on any atom is 0.408 e. The number of morpholine rings is 1. The van der Waals surface area contributed by atoms with Crippen molar-refractivity contribution in [3.63, 3.8) is 0 Å². The summed E-state index contributed by atoms with van der Waals surface area (Å²) in [5.41, 5.74) is 0.684. The van der Waals surface area contributed by atoms with Gasteiger partial charge in [-0.25, -0.2) is 14.2 Å². The van der Waals surface area contributed by atoms with Crippen LogP contribution < -0.4 is 5.32 Å². The number of ketones is 1. The maximum absolute atomic E-state index is 13.3. The number of hydrogen-bond donors (Lipinski definition) is 1. The number of amides is 2. The summed E-state index contributed by atoms with van der Waals surface area (Å²) in [6.07, 6.45) is 5.09. The van der Waals surface area contributed by atoms with E-state index in [2.05, 4.69) is 10.3 Å². The van der Waals surface area contributed by atoms with E-state index < -0.39 is 30.3 Å². The molecule has 1 aliphatic carbocycles. The Morgan fingerprint density at radius 2 is 1.94 bits per heavy atom. The van der Waals surface area contributed by atoms with Gasteiger partial charge in [0.2, 0.25) is 11.8 Å². The zero-order chi connectivity index (χ0) is 23.9. The monoisotopic (exact) mass is 475 g/mol. The smallest absolute Gasteiger partial charge is 0.408 e. The third-order valence-electron chi connectivity index (χ3n) is 6.31. The van der Waals surface area contributed by atoms with Crippen LogP contribution in [0.3, 0.4) is 0 Å². The molecule has 0 unspecified atom stereocenters. The molecule has 1 saturated heterocycles. The quantitative estimate of drug-likeness (QED) is 0.625. The zero-order valence-corrected chi connectivity index (χ0v) is 19.1. The Bertz CT molecular complexity index is 1010. The number of oxazole rings is 1. The topological polar surface area (TPSA) is 111 Å². The largest absolute Gasteiger partial charge is 0.442 e. The van der Waals surface area contributed by atoms with E-state index in [1.54, 1.807) is 4.90 Å². The molecule has 0 bridgehead atoms. The highest BCUT2D eigenvalue weighted by Gasteiger charge is 2.30. The SMILES string of the molecule is O=C(COC(=O)N[C@@H](CC1CCCCC1)C(=O)N1CCOCC1)Cc1nc2cc(F)ccc2o1. The standard InChI is InChI=1S/C24H30FN3O6/c25-17-6-7-21-19(13-17)26-22(34-21)14-18(29)15-33-24(31)27-20(12-16-4-2-1-3-5-16)23(30)28-8-10-32-11-9-28/h6-7,13,16,20H,1-5,8-12,14-15H2,(H,27,31)/t20-/m0/s1. The molecule has 10 heteroatoms. The van der Waals surface area contributed by atoms with E-state index in [1.165, 1.54) is 24.6 Å². The summed E-state index contributed by atoms with van der Waals surface area (Å²) in [5.74, 6) is -0.531. The van der Waals surface area contributed by atoms with Crippen molar-refractivity contribution in [3.8, 4) is 0 Å². The molecule has 2 aliphatic rings. The van der Waals surface area contributed by atoms with Gasteiger partial charge in [0.15, 0.2) is 18.0 Å². The van der Waals surface area contributed by atoms with Gasteiger partial charge in [0.25, 0.3) is 0 Å². The van der Waals surface area contributed by atoms with E-state index in [4.69, 9.17) is 13.9 Å². The second-order valence-corrected chi connectivity index (χ2v) is 8.89. The van der Waals surface area contributed by atoms with E-state index in [1.807, 2.05) is 0 Å². The van der Waals surface area contributed by atoms with E-state index in [9.17, 15) is 18.8 Å². The van der Waals surface area contributed by atoms with Gasteiger partial charge >= 0.3 is 6.09 Å². The normalized spacial score (nSPS) is 18.0. The van der Waals surface area contributed by atoms with Gasteiger partial charge in [0.05, 0.1) is 19.6 Å². The van der Waals surface area contributed by atoms with Gasteiger partial charge in [-0.2, -0.15) is 0 Å². The Morgan fingerprint density at radius 3 is 2.71 bits per heavy atom. The molecule has 1 aromatic heterocycles. The van der Waals surface area contributed by atoms with Crippen LogP contribution in [0.2, 0.25) is 0 Å². The highest BCUT2D eigenvalue weighted by atomic mass is 19.1.